The third kappa shape index (κ3) is 4.63. The Morgan fingerprint density at radius 2 is 1.56 bits per heavy atom. The van der Waals surface area contributed by atoms with Gasteiger partial charge in [-0.3, -0.25) is 4.79 Å². The quantitative estimate of drug-likeness (QED) is 0.702. The van der Waals surface area contributed by atoms with Gasteiger partial charge in [-0.15, -0.1) is 0 Å². The van der Waals surface area contributed by atoms with Crippen LogP contribution < -0.4 is 10.6 Å². The maximum absolute atomic E-state index is 13.4. The zero-order valence-corrected chi connectivity index (χ0v) is 15.1. The summed E-state index contributed by atoms with van der Waals surface area (Å²) >= 11 is 0. The zero-order chi connectivity index (χ0) is 19.6. The highest BCUT2D eigenvalue weighted by Gasteiger charge is 2.12. The lowest BCUT2D eigenvalue weighted by molar-refractivity contribution is 0.102. The summed E-state index contributed by atoms with van der Waals surface area (Å²) < 4.78 is 26.4. The van der Waals surface area contributed by atoms with Gasteiger partial charge in [0.05, 0.1) is 0 Å². The van der Waals surface area contributed by atoms with Gasteiger partial charge in [-0.1, -0.05) is 6.07 Å². The molecule has 138 valence electrons. The maximum Gasteiger partial charge on any atom is 0.274 e. The van der Waals surface area contributed by atoms with Gasteiger partial charge in [0.25, 0.3) is 5.91 Å². The highest BCUT2D eigenvalue weighted by molar-refractivity contribution is 6.03. The van der Waals surface area contributed by atoms with Crippen molar-refractivity contribution in [3.63, 3.8) is 0 Å². The highest BCUT2D eigenvalue weighted by Crippen LogP contribution is 2.18. The van der Waals surface area contributed by atoms with Crippen molar-refractivity contribution >= 4 is 23.2 Å². The number of aryl methyl sites for hydroxylation is 3. The fourth-order valence-electron chi connectivity index (χ4n) is 2.69. The fraction of sp³-hybridized carbons (Fsp3) is 0.150. The Bertz CT molecular complexity index is 1000. The van der Waals surface area contributed by atoms with E-state index in [0.29, 0.717) is 11.4 Å². The molecule has 0 aliphatic rings. The van der Waals surface area contributed by atoms with Crippen molar-refractivity contribution in [2.75, 3.05) is 10.6 Å². The molecular weight excluding hydrogens is 350 g/mol. The number of anilines is 3. The van der Waals surface area contributed by atoms with E-state index in [9.17, 15) is 13.6 Å². The third-order valence-corrected chi connectivity index (χ3v) is 3.74. The van der Waals surface area contributed by atoms with E-state index in [0.717, 1.165) is 23.3 Å². The maximum atomic E-state index is 13.4. The largest absolute Gasteiger partial charge is 0.324 e. The minimum atomic E-state index is -0.986. The number of nitrogens with zero attached hydrogens (tertiary/aromatic N) is 2. The van der Waals surface area contributed by atoms with E-state index in [2.05, 4.69) is 20.6 Å². The molecule has 0 aliphatic heterocycles. The highest BCUT2D eigenvalue weighted by atomic mass is 19.2. The molecule has 1 heterocycles. The lowest BCUT2D eigenvalue weighted by Gasteiger charge is -2.10. The van der Waals surface area contributed by atoms with Crippen LogP contribution in [0.5, 0.6) is 0 Å². The predicted octanol–water partition coefficient (Wildman–Crippen LogP) is 4.68. The van der Waals surface area contributed by atoms with Crippen molar-refractivity contribution in [3.05, 3.63) is 76.6 Å². The number of carbonyl (C=O) groups is 1. The zero-order valence-electron chi connectivity index (χ0n) is 15.1. The van der Waals surface area contributed by atoms with Gasteiger partial charge < -0.3 is 10.6 Å². The van der Waals surface area contributed by atoms with Crippen LogP contribution in [0.3, 0.4) is 0 Å². The minimum absolute atomic E-state index is 0.117. The van der Waals surface area contributed by atoms with Crippen LogP contribution in [0.1, 0.15) is 27.3 Å². The van der Waals surface area contributed by atoms with E-state index in [1.165, 1.54) is 6.07 Å². The minimum Gasteiger partial charge on any atom is -0.324 e. The van der Waals surface area contributed by atoms with Crippen LogP contribution >= 0.6 is 0 Å². The first-order chi connectivity index (χ1) is 12.8. The van der Waals surface area contributed by atoms with Crippen LogP contribution in [-0.4, -0.2) is 15.9 Å². The molecule has 0 bridgehead atoms. The number of hydrogen-bond acceptors (Lipinski definition) is 4. The summed E-state index contributed by atoms with van der Waals surface area (Å²) in [6.45, 7) is 5.61. The van der Waals surface area contributed by atoms with E-state index in [-0.39, 0.29) is 23.2 Å². The van der Waals surface area contributed by atoms with Crippen LogP contribution in [0.15, 0.2) is 42.5 Å². The van der Waals surface area contributed by atoms with E-state index in [4.69, 9.17) is 0 Å². The molecule has 1 amide bonds. The third-order valence-electron chi connectivity index (χ3n) is 3.74. The topological polar surface area (TPSA) is 66.9 Å². The Balaban J connectivity index is 1.83. The summed E-state index contributed by atoms with van der Waals surface area (Å²) in [5.74, 6) is -2.20. The average Bonchev–Trinajstić information content (AvgIpc) is 2.56. The first-order valence-electron chi connectivity index (χ1n) is 8.27. The van der Waals surface area contributed by atoms with Gasteiger partial charge in [-0.2, -0.15) is 0 Å². The van der Waals surface area contributed by atoms with Gasteiger partial charge in [-0.25, -0.2) is 18.7 Å². The molecule has 1 aromatic heterocycles. The predicted molar refractivity (Wildman–Crippen MR) is 100 cm³/mol. The molecular formula is C20H18F2N4O. The van der Waals surface area contributed by atoms with Crippen molar-refractivity contribution in [1.29, 1.82) is 0 Å². The van der Waals surface area contributed by atoms with Gasteiger partial charge >= 0.3 is 0 Å². The summed E-state index contributed by atoms with van der Waals surface area (Å²) in [6, 6.07) is 10.6. The number of amides is 1. The second-order valence-corrected chi connectivity index (χ2v) is 6.30. The molecule has 0 saturated carbocycles. The van der Waals surface area contributed by atoms with Crippen molar-refractivity contribution in [2.24, 2.45) is 0 Å². The van der Waals surface area contributed by atoms with Crippen molar-refractivity contribution in [1.82, 2.24) is 9.97 Å². The Hall–Kier alpha value is -3.35. The first kappa shape index (κ1) is 18.4. The summed E-state index contributed by atoms with van der Waals surface area (Å²) in [5, 5.41) is 5.59. The molecule has 3 rings (SSSR count). The number of benzene rings is 2. The molecule has 3 aromatic rings. The molecule has 7 heteroatoms. The molecule has 0 spiro atoms. The Morgan fingerprint density at radius 3 is 2.22 bits per heavy atom. The van der Waals surface area contributed by atoms with Crippen molar-refractivity contribution in [2.45, 2.75) is 20.8 Å². The molecule has 0 saturated heterocycles. The average molecular weight is 368 g/mol. The summed E-state index contributed by atoms with van der Waals surface area (Å²) in [4.78, 5) is 20.9. The standard InChI is InChI=1S/C20H18F2N4O/c1-11-6-12(2)8-15(7-11)24-19(27)18-9-13(3)23-20(26-18)25-14-4-5-16(21)17(22)10-14/h4-10H,1-3H3,(H,24,27)(H,23,25,26). The van der Waals surface area contributed by atoms with Gasteiger partial charge in [-0.05, 0) is 62.2 Å². The van der Waals surface area contributed by atoms with Crippen molar-refractivity contribution in [3.8, 4) is 0 Å². The Morgan fingerprint density at radius 1 is 0.852 bits per heavy atom. The molecule has 27 heavy (non-hydrogen) atoms. The molecule has 2 aromatic carbocycles. The van der Waals surface area contributed by atoms with E-state index < -0.39 is 11.6 Å². The van der Waals surface area contributed by atoms with Crippen LogP contribution in [0.2, 0.25) is 0 Å². The first-order valence-corrected chi connectivity index (χ1v) is 8.27. The molecule has 5 nitrogen and oxygen atoms in total. The number of carbonyl (C=O) groups excluding carboxylic acids is 1. The van der Waals surface area contributed by atoms with Gasteiger partial charge in [0.1, 0.15) is 5.69 Å². The van der Waals surface area contributed by atoms with Crippen LogP contribution in [0.25, 0.3) is 0 Å². The number of halogens is 2. The van der Waals surface area contributed by atoms with Gasteiger partial charge in [0.2, 0.25) is 5.95 Å². The molecule has 0 unspecified atom stereocenters. The van der Waals surface area contributed by atoms with Gasteiger partial charge in [0, 0.05) is 23.1 Å². The number of aromatic nitrogens is 2. The number of rotatable bonds is 4. The van der Waals surface area contributed by atoms with Gasteiger partial charge in [0.15, 0.2) is 11.6 Å². The monoisotopic (exact) mass is 368 g/mol. The lowest BCUT2D eigenvalue weighted by atomic mass is 10.1. The lowest BCUT2D eigenvalue weighted by Crippen LogP contribution is -2.15. The molecule has 0 atom stereocenters. The second-order valence-electron chi connectivity index (χ2n) is 6.30. The summed E-state index contributed by atoms with van der Waals surface area (Å²) in [7, 11) is 0. The number of hydrogen-bond donors (Lipinski definition) is 2. The van der Waals surface area contributed by atoms with E-state index in [1.807, 2.05) is 32.0 Å². The molecule has 0 aliphatic carbocycles. The van der Waals surface area contributed by atoms with Crippen LogP contribution in [0, 0.1) is 32.4 Å². The Labute approximate surface area is 155 Å². The van der Waals surface area contributed by atoms with Crippen LogP contribution in [0.4, 0.5) is 26.1 Å². The van der Waals surface area contributed by atoms with Crippen molar-refractivity contribution < 1.29 is 13.6 Å². The van der Waals surface area contributed by atoms with E-state index in [1.54, 1.807) is 13.0 Å². The molecule has 2 N–H and O–H groups in total. The summed E-state index contributed by atoms with van der Waals surface area (Å²) in [6.07, 6.45) is 0. The van der Waals surface area contributed by atoms with E-state index >= 15 is 0 Å². The second kappa shape index (κ2) is 7.49. The smallest absolute Gasteiger partial charge is 0.274 e. The Kier molecular flexibility index (Phi) is 5.12. The molecule has 0 fully saturated rings. The number of nitrogens with one attached hydrogen (secondary N) is 2. The fourth-order valence-corrected chi connectivity index (χ4v) is 2.69. The normalized spacial score (nSPS) is 10.6. The molecule has 0 radical (unpaired) electrons. The summed E-state index contributed by atoms with van der Waals surface area (Å²) in [5.41, 5.74) is 3.73. The van der Waals surface area contributed by atoms with Crippen LogP contribution in [-0.2, 0) is 0 Å². The SMILES string of the molecule is Cc1cc(C)cc(NC(=O)c2cc(C)nc(Nc3ccc(F)c(F)c3)n2)c1.